The third kappa shape index (κ3) is 15.3. The van der Waals surface area contributed by atoms with E-state index in [2.05, 4.69) is 121 Å². The summed E-state index contributed by atoms with van der Waals surface area (Å²) < 4.78 is 0. The van der Waals surface area contributed by atoms with Crippen LogP contribution in [0.1, 0.15) is 0 Å². The Morgan fingerprint density at radius 1 is 0.345 bits per heavy atom. The molecule has 0 aliphatic carbocycles. The largest absolute Gasteiger partial charge is 1.00 e. The molecule has 162 valence electrons. The molecular weight excluding hydrogens is 356 g/mol. The summed E-state index contributed by atoms with van der Waals surface area (Å²) in [6.07, 6.45) is 0. The number of nitrogens with zero attached hydrogens (tertiary/aromatic N) is 9. The molecule has 0 unspecified atom stereocenters. The van der Waals surface area contributed by atoms with Gasteiger partial charge in [0.2, 0.25) is 0 Å². The van der Waals surface area contributed by atoms with E-state index in [9.17, 15) is 0 Å². The molecule has 29 heavy (non-hydrogen) atoms. The van der Waals surface area contributed by atoms with E-state index in [1.165, 1.54) is 0 Å². The molecule has 3 fully saturated rings. The molecular formula is C18H43Li2N9. The minimum Gasteiger partial charge on any atom is -0.433 e. The third-order valence-electron chi connectivity index (χ3n) is 4.09. The zero-order valence-corrected chi connectivity index (χ0v) is 21.1. The molecule has 0 saturated carbocycles. The molecule has 0 atom stereocenters. The average Bonchev–Trinajstić information content (AvgIpc) is 2.43. The molecule has 0 N–H and O–H groups in total. The van der Waals surface area contributed by atoms with Gasteiger partial charge in [0.25, 0.3) is 0 Å². The molecule has 3 aliphatic heterocycles. The van der Waals surface area contributed by atoms with Gasteiger partial charge in [-0.15, -0.1) is 0 Å². The molecule has 0 amide bonds. The first-order valence-corrected chi connectivity index (χ1v) is 9.48. The van der Waals surface area contributed by atoms with Gasteiger partial charge in [-0.05, 0) is 63.4 Å². The fraction of sp³-hybridized carbons (Fsp3) is 0.889. The summed E-state index contributed by atoms with van der Waals surface area (Å²) in [6.45, 7) is 11.6. The summed E-state index contributed by atoms with van der Waals surface area (Å²) in [5, 5.41) is 0. The standard InChI is InChI=1S/C6H15N3.2C6H14N3.2Li/c3*1-7-4-8(2)6-9(3)5-7;;/h4-6H2,1-3H3;2*4H,5-6H2,1-3H3;;/q;2*-1;2*+1. The van der Waals surface area contributed by atoms with Crippen LogP contribution in [-0.2, 0) is 0 Å². The van der Waals surface area contributed by atoms with Crippen LogP contribution in [0, 0.1) is 13.3 Å². The number of rotatable bonds is 0. The number of hydrogen-bond acceptors (Lipinski definition) is 9. The molecule has 0 aromatic rings. The molecule has 0 radical (unpaired) electrons. The fourth-order valence-corrected chi connectivity index (χ4v) is 3.80. The Bertz CT molecular complexity index is 275. The van der Waals surface area contributed by atoms with Crippen LogP contribution in [0.3, 0.4) is 0 Å². The van der Waals surface area contributed by atoms with Crippen molar-refractivity contribution in [1.82, 2.24) is 44.1 Å². The molecule has 3 aliphatic rings. The Kier molecular flexibility index (Phi) is 18.2. The first-order chi connectivity index (χ1) is 12.5. The van der Waals surface area contributed by atoms with Crippen LogP contribution in [0.25, 0.3) is 0 Å². The topological polar surface area (TPSA) is 29.2 Å². The van der Waals surface area contributed by atoms with Gasteiger partial charge in [-0.1, -0.05) is 0 Å². The van der Waals surface area contributed by atoms with Crippen LogP contribution in [0.5, 0.6) is 0 Å². The Balaban J connectivity index is 0. The second-order valence-corrected chi connectivity index (χ2v) is 8.53. The average molecular weight is 399 g/mol. The van der Waals surface area contributed by atoms with Crippen molar-refractivity contribution >= 4 is 0 Å². The molecule has 9 nitrogen and oxygen atoms in total. The Labute approximate surface area is 204 Å². The van der Waals surface area contributed by atoms with Crippen molar-refractivity contribution in [3.8, 4) is 0 Å². The zero-order valence-electron chi connectivity index (χ0n) is 21.1. The van der Waals surface area contributed by atoms with Gasteiger partial charge in [-0.25, -0.2) is 13.3 Å². The van der Waals surface area contributed by atoms with Crippen LogP contribution >= 0.6 is 0 Å². The molecule has 3 heterocycles. The molecule has 3 saturated heterocycles. The number of hydrogen-bond donors (Lipinski definition) is 0. The summed E-state index contributed by atoms with van der Waals surface area (Å²) in [4.78, 5) is 20.0. The first kappa shape index (κ1) is 32.0. The SMILES string of the molecule is CN1CN(C)CN(C)C1.CN1[CH-]N(C)CN(C)C1.CN1[CH-]N(C)CN(C)C1.[Li+].[Li+]. The van der Waals surface area contributed by atoms with Crippen molar-refractivity contribution in [2.24, 2.45) is 0 Å². The quantitative estimate of drug-likeness (QED) is 0.291. The third-order valence-corrected chi connectivity index (χ3v) is 4.09. The van der Waals surface area contributed by atoms with Gasteiger partial charge in [0.15, 0.2) is 0 Å². The summed E-state index contributed by atoms with van der Waals surface area (Å²) in [5.74, 6) is 0. The van der Waals surface area contributed by atoms with Gasteiger partial charge in [0, 0.05) is 26.7 Å². The van der Waals surface area contributed by atoms with Crippen LogP contribution in [0.4, 0.5) is 0 Å². The van der Waals surface area contributed by atoms with Gasteiger partial charge in [0.1, 0.15) is 0 Å². The predicted octanol–water partition coefficient (Wildman–Crippen LogP) is -6.66. The monoisotopic (exact) mass is 399 g/mol. The van der Waals surface area contributed by atoms with Gasteiger partial charge in [0.05, 0.1) is 20.0 Å². The minimum atomic E-state index is 0. The smallest absolute Gasteiger partial charge is 0.433 e. The van der Waals surface area contributed by atoms with Crippen molar-refractivity contribution in [2.45, 2.75) is 0 Å². The molecule has 3 rings (SSSR count). The van der Waals surface area contributed by atoms with Gasteiger partial charge < -0.3 is 19.6 Å². The Morgan fingerprint density at radius 2 is 0.517 bits per heavy atom. The second-order valence-electron chi connectivity index (χ2n) is 8.53. The van der Waals surface area contributed by atoms with Crippen molar-refractivity contribution in [1.29, 1.82) is 0 Å². The van der Waals surface area contributed by atoms with E-state index in [4.69, 9.17) is 0 Å². The fourth-order valence-electron chi connectivity index (χ4n) is 3.80. The molecule has 11 heteroatoms. The molecule has 0 aromatic heterocycles. The molecule has 0 spiro atoms. The summed E-state index contributed by atoms with van der Waals surface area (Å²) in [7, 11) is 18.9. The summed E-state index contributed by atoms with van der Waals surface area (Å²) >= 11 is 0. The normalized spacial score (nSPS) is 25.1. The summed E-state index contributed by atoms with van der Waals surface area (Å²) in [6, 6.07) is 0. The van der Waals surface area contributed by atoms with Crippen molar-refractivity contribution in [3.05, 3.63) is 13.3 Å². The predicted molar refractivity (Wildman–Crippen MR) is 113 cm³/mol. The summed E-state index contributed by atoms with van der Waals surface area (Å²) in [5.41, 5.74) is 0. The van der Waals surface area contributed by atoms with E-state index in [1.54, 1.807) is 0 Å². The van der Waals surface area contributed by atoms with Gasteiger partial charge >= 0.3 is 37.7 Å². The second kappa shape index (κ2) is 16.5. The maximum atomic E-state index is 2.28. The van der Waals surface area contributed by atoms with Crippen LogP contribution in [0.2, 0.25) is 0 Å². The van der Waals surface area contributed by atoms with Crippen molar-refractivity contribution < 1.29 is 37.7 Å². The van der Waals surface area contributed by atoms with E-state index in [0.717, 1.165) is 46.7 Å². The Morgan fingerprint density at radius 3 is 0.690 bits per heavy atom. The maximum absolute atomic E-state index is 2.28. The van der Waals surface area contributed by atoms with Gasteiger partial charge in [-0.2, -0.15) is 0 Å². The van der Waals surface area contributed by atoms with Gasteiger partial charge in [-0.3, -0.25) is 24.5 Å². The van der Waals surface area contributed by atoms with Crippen molar-refractivity contribution in [3.63, 3.8) is 0 Å². The van der Waals surface area contributed by atoms with E-state index in [1.807, 2.05) is 0 Å². The van der Waals surface area contributed by atoms with Crippen LogP contribution in [-0.4, -0.2) is 154 Å². The minimum absolute atomic E-state index is 0. The molecule has 0 aromatic carbocycles. The van der Waals surface area contributed by atoms with Crippen LogP contribution in [0.15, 0.2) is 0 Å². The van der Waals surface area contributed by atoms with Crippen molar-refractivity contribution in [2.75, 3.05) is 110 Å². The zero-order chi connectivity index (χ0) is 20.6. The van der Waals surface area contributed by atoms with E-state index >= 15 is 0 Å². The van der Waals surface area contributed by atoms with Crippen LogP contribution < -0.4 is 37.7 Å². The van der Waals surface area contributed by atoms with E-state index < -0.39 is 0 Å². The maximum Gasteiger partial charge on any atom is 1.00 e. The molecule has 0 bridgehead atoms. The Hall–Kier alpha value is 0.835. The van der Waals surface area contributed by atoms with E-state index in [-0.39, 0.29) is 37.7 Å². The first-order valence-electron chi connectivity index (χ1n) is 9.48. The van der Waals surface area contributed by atoms with E-state index in [0.29, 0.717) is 0 Å².